The van der Waals surface area contributed by atoms with Gasteiger partial charge < -0.3 is 5.32 Å². The monoisotopic (exact) mass is 133 g/mol. The second kappa shape index (κ2) is 3.93. The van der Waals surface area contributed by atoms with E-state index in [2.05, 4.69) is 5.32 Å². The van der Waals surface area contributed by atoms with E-state index in [0.29, 0.717) is 0 Å². The zero-order chi connectivity index (χ0) is 6.57. The van der Waals surface area contributed by atoms with Crippen LogP contribution in [0, 0.1) is 0 Å². The average Bonchev–Trinajstić information content (AvgIpc) is 1.67. The van der Waals surface area contributed by atoms with Crippen LogP contribution in [-0.4, -0.2) is 13.6 Å². The van der Waals surface area contributed by atoms with Gasteiger partial charge in [0.05, 0.1) is 0 Å². The van der Waals surface area contributed by atoms with Crippen LogP contribution in [0.3, 0.4) is 0 Å². The predicted octanol–water partition coefficient (Wildman–Crippen LogP) is 1.74. The van der Waals surface area contributed by atoms with Gasteiger partial charge in [-0.15, -0.1) is 0 Å². The van der Waals surface area contributed by atoms with Gasteiger partial charge in [-0.1, -0.05) is 11.6 Å². The van der Waals surface area contributed by atoms with Crippen LogP contribution in [-0.2, 0) is 0 Å². The van der Waals surface area contributed by atoms with Crippen LogP contribution in [0.5, 0.6) is 0 Å². The van der Waals surface area contributed by atoms with E-state index in [0.717, 1.165) is 11.6 Å². The fraction of sp³-hybridized carbons (Fsp3) is 0.667. The van der Waals surface area contributed by atoms with E-state index in [1.165, 1.54) is 5.57 Å². The molecule has 0 atom stereocenters. The summed E-state index contributed by atoms with van der Waals surface area (Å²) in [6.07, 6.45) is 0. The maximum atomic E-state index is 5.65. The number of likely N-dealkylation sites (N-methyl/N-ethyl adjacent to an activating group) is 1. The molecule has 0 aliphatic carbocycles. The highest BCUT2D eigenvalue weighted by molar-refractivity contribution is 6.29. The molecule has 0 unspecified atom stereocenters. The van der Waals surface area contributed by atoms with Gasteiger partial charge in [-0.3, -0.25) is 0 Å². The summed E-state index contributed by atoms with van der Waals surface area (Å²) in [7, 11) is 1.91. The number of halogens is 1. The molecule has 8 heavy (non-hydrogen) atoms. The lowest BCUT2D eigenvalue weighted by molar-refractivity contribution is 0.876. The summed E-state index contributed by atoms with van der Waals surface area (Å²) in [4.78, 5) is 0. The lowest BCUT2D eigenvalue weighted by Gasteiger charge is -1.98. The largest absolute Gasteiger partial charge is 0.316 e. The number of rotatable bonds is 2. The Morgan fingerprint density at radius 3 is 2.12 bits per heavy atom. The molecule has 0 heterocycles. The third kappa shape index (κ3) is 3.05. The van der Waals surface area contributed by atoms with Gasteiger partial charge in [-0.25, -0.2) is 0 Å². The Labute approximate surface area is 55.7 Å². The second-order valence-corrected chi connectivity index (χ2v) is 2.41. The van der Waals surface area contributed by atoms with Crippen molar-refractivity contribution in [2.75, 3.05) is 13.6 Å². The summed E-state index contributed by atoms with van der Waals surface area (Å²) in [5, 5.41) is 3.89. The molecule has 1 nitrogen and oxygen atoms in total. The van der Waals surface area contributed by atoms with Crippen molar-refractivity contribution in [2.45, 2.75) is 13.8 Å². The molecular formula is C6H12ClN. The van der Waals surface area contributed by atoms with Crippen molar-refractivity contribution < 1.29 is 0 Å². The normalized spacial score (nSPS) is 13.5. The molecule has 0 fully saturated rings. The molecule has 0 aliphatic heterocycles. The zero-order valence-corrected chi connectivity index (χ0v) is 6.34. The molecule has 0 aromatic heterocycles. The van der Waals surface area contributed by atoms with E-state index in [1.807, 2.05) is 20.9 Å². The molecule has 48 valence electrons. The molecular weight excluding hydrogens is 122 g/mol. The fourth-order valence-corrected chi connectivity index (χ4v) is 0.454. The first-order chi connectivity index (χ1) is 3.68. The Kier molecular flexibility index (Phi) is 3.92. The maximum Gasteiger partial charge on any atom is 0.0173 e. The lowest BCUT2D eigenvalue weighted by atomic mass is 10.3. The topological polar surface area (TPSA) is 12.0 Å². The van der Waals surface area contributed by atoms with Crippen molar-refractivity contribution in [2.24, 2.45) is 0 Å². The van der Waals surface area contributed by atoms with E-state index in [4.69, 9.17) is 11.6 Å². The summed E-state index contributed by atoms with van der Waals surface area (Å²) in [5.41, 5.74) is 1.20. The van der Waals surface area contributed by atoms with Gasteiger partial charge in [0.1, 0.15) is 0 Å². The Morgan fingerprint density at radius 1 is 1.50 bits per heavy atom. The number of hydrogen-bond acceptors (Lipinski definition) is 1. The minimum Gasteiger partial charge on any atom is -0.316 e. The van der Waals surface area contributed by atoms with E-state index in [-0.39, 0.29) is 0 Å². The van der Waals surface area contributed by atoms with Crippen molar-refractivity contribution >= 4 is 11.6 Å². The summed E-state index contributed by atoms with van der Waals surface area (Å²) in [5.74, 6) is 0. The molecule has 0 aliphatic rings. The van der Waals surface area contributed by atoms with Crippen LogP contribution < -0.4 is 5.32 Å². The third-order valence-electron chi connectivity index (χ3n) is 1.03. The van der Waals surface area contributed by atoms with E-state index in [9.17, 15) is 0 Å². The fourth-order valence-electron chi connectivity index (χ4n) is 0.387. The average molecular weight is 134 g/mol. The smallest absolute Gasteiger partial charge is 0.0173 e. The van der Waals surface area contributed by atoms with Gasteiger partial charge in [0.25, 0.3) is 0 Å². The Hall–Kier alpha value is -0.0100. The minimum atomic E-state index is 0.884. The molecule has 0 amide bonds. The highest BCUT2D eigenvalue weighted by atomic mass is 35.5. The highest BCUT2D eigenvalue weighted by Crippen LogP contribution is 2.04. The lowest BCUT2D eigenvalue weighted by Crippen LogP contribution is -2.08. The molecule has 2 heteroatoms. The Bertz CT molecular complexity index is 92.7. The summed E-state index contributed by atoms with van der Waals surface area (Å²) < 4.78 is 0. The van der Waals surface area contributed by atoms with Crippen LogP contribution in [0.2, 0.25) is 0 Å². The van der Waals surface area contributed by atoms with Crippen molar-refractivity contribution in [3.8, 4) is 0 Å². The summed E-state index contributed by atoms with van der Waals surface area (Å²) in [6.45, 7) is 4.79. The molecule has 0 bridgehead atoms. The Balaban J connectivity index is 3.62. The SMILES string of the molecule is CNC/C(C)=C(/C)Cl. The molecule has 0 saturated heterocycles. The first kappa shape index (κ1) is 7.99. The zero-order valence-electron chi connectivity index (χ0n) is 5.59. The van der Waals surface area contributed by atoms with Crippen molar-refractivity contribution in [1.82, 2.24) is 5.32 Å². The van der Waals surface area contributed by atoms with Crippen molar-refractivity contribution in [1.29, 1.82) is 0 Å². The van der Waals surface area contributed by atoms with Crippen LogP contribution in [0.4, 0.5) is 0 Å². The van der Waals surface area contributed by atoms with Gasteiger partial charge >= 0.3 is 0 Å². The number of allylic oxidation sites excluding steroid dienone is 1. The second-order valence-electron chi connectivity index (χ2n) is 1.84. The number of hydrogen-bond donors (Lipinski definition) is 1. The van der Waals surface area contributed by atoms with Crippen LogP contribution >= 0.6 is 11.6 Å². The molecule has 0 radical (unpaired) electrons. The molecule has 0 aromatic carbocycles. The Morgan fingerprint density at radius 2 is 2.00 bits per heavy atom. The molecule has 0 saturated carbocycles. The van der Waals surface area contributed by atoms with Crippen LogP contribution in [0.15, 0.2) is 10.6 Å². The van der Waals surface area contributed by atoms with Crippen molar-refractivity contribution in [3.05, 3.63) is 10.6 Å². The highest BCUT2D eigenvalue weighted by Gasteiger charge is 1.88. The quantitative estimate of drug-likeness (QED) is 0.605. The molecule has 1 N–H and O–H groups in total. The van der Waals surface area contributed by atoms with Crippen LogP contribution in [0.25, 0.3) is 0 Å². The van der Waals surface area contributed by atoms with E-state index < -0.39 is 0 Å². The van der Waals surface area contributed by atoms with Gasteiger partial charge in [0.15, 0.2) is 0 Å². The molecule has 0 spiro atoms. The summed E-state index contributed by atoms with van der Waals surface area (Å²) in [6, 6.07) is 0. The van der Waals surface area contributed by atoms with Gasteiger partial charge in [-0.05, 0) is 26.5 Å². The van der Waals surface area contributed by atoms with Gasteiger partial charge in [0, 0.05) is 11.6 Å². The van der Waals surface area contributed by atoms with Gasteiger partial charge in [-0.2, -0.15) is 0 Å². The first-order valence-corrected chi connectivity index (χ1v) is 3.02. The first-order valence-electron chi connectivity index (χ1n) is 2.65. The summed E-state index contributed by atoms with van der Waals surface area (Å²) >= 11 is 5.65. The van der Waals surface area contributed by atoms with E-state index in [1.54, 1.807) is 0 Å². The van der Waals surface area contributed by atoms with E-state index >= 15 is 0 Å². The van der Waals surface area contributed by atoms with Crippen LogP contribution in [0.1, 0.15) is 13.8 Å². The standard InChI is InChI=1S/C6H12ClN/c1-5(4-8-3)6(2)7/h8H,4H2,1-3H3/b6-5-. The van der Waals surface area contributed by atoms with Crippen molar-refractivity contribution in [3.63, 3.8) is 0 Å². The maximum absolute atomic E-state index is 5.65. The number of nitrogens with one attached hydrogen (secondary N) is 1. The van der Waals surface area contributed by atoms with Gasteiger partial charge in [0.2, 0.25) is 0 Å². The predicted molar refractivity (Wildman–Crippen MR) is 38.2 cm³/mol. The molecule has 0 aromatic rings. The third-order valence-corrected chi connectivity index (χ3v) is 1.35. The molecule has 0 rings (SSSR count). The minimum absolute atomic E-state index is 0.884.